The van der Waals surface area contributed by atoms with Crippen LogP contribution < -0.4 is 14.8 Å². The molecule has 9 heteroatoms. The predicted octanol–water partition coefficient (Wildman–Crippen LogP) is 2.69. The van der Waals surface area contributed by atoms with Gasteiger partial charge in [0, 0.05) is 24.8 Å². The van der Waals surface area contributed by atoms with Gasteiger partial charge in [0.2, 0.25) is 0 Å². The van der Waals surface area contributed by atoms with Crippen molar-refractivity contribution in [2.45, 2.75) is 25.9 Å². The van der Waals surface area contributed by atoms with Gasteiger partial charge in [-0.15, -0.1) is 0 Å². The van der Waals surface area contributed by atoms with E-state index in [4.69, 9.17) is 26.4 Å². The zero-order valence-electron chi connectivity index (χ0n) is 15.6. The lowest BCUT2D eigenvalue weighted by Gasteiger charge is -2.18. The number of carbonyl (C=O) groups excluding carboxylic acids is 2. The molecule has 1 heterocycles. The number of hydrogen-bond acceptors (Lipinski definition) is 7. The first-order chi connectivity index (χ1) is 12.9. The van der Waals surface area contributed by atoms with Crippen LogP contribution in [0.1, 0.15) is 19.8 Å². The number of rotatable bonds is 7. The molecular weight excluding hydrogens is 388 g/mol. The van der Waals surface area contributed by atoms with Crippen LogP contribution >= 0.6 is 24.0 Å². The molecule has 1 aliphatic heterocycles. The minimum atomic E-state index is -0.924. The Morgan fingerprint density at radius 3 is 2.52 bits per heavy atom. The summed E-state index contributed by atoms with van der Waals surface area (Å²) < 4.78 is 16.2. The Morgan fingerprint density at radius 2 is 1.89 bits per heavy atom. The molecule has 0 radical (unpaired) electrons. The summed E-state index contributed by atoms with van der Waals surface area (Å²) in [4.78, 5) is 26.3. The van der Waals surface area contributed by atoms with Crippen LogP contribution in [0, 0.1) is 0 Å². The van der Waals surface area contributed by atoms with E-state index in [1.54, 1.807) is 18.2 Å². The maximum atomic E-state index is 12.2. The van der Waals surface area contributed by atoms with Gasteiger partial charge in [0.05, 0.1) is 20.0 Å². The van der Waals surface area contributed by atoms with E-state index in [0.29, 0.717) is 21.5 Å². The second kappa shape index (κ2) is 10.4. The highest BCUT2D eigenvalue weighted by Gasteiger charge is 2.21. The van der Waals surface area contributed by atoms with Crippen LogP contribution in [0.15, 0.2) is 18.2 Å². The van der Waals surface area contributed by atoms with Crippen molar-refractivity contribution in [3.8, 4) is 11.5 Å². The van der Waals surface area contributed by atoms with Crippen molar-refractivity contribution in [1.82, 2.24) is 4.90 Å². The number of esters is 1. The van der Waals surface area contributed by atoms with Gasteiger partial charge in [-0.1, -0.05) is 24.0 Å². The zero-order valence-corrected chi connectivity index (χ0v) is 17.3. The number of anilines is 1. The predicted molar refractivity (Wildman–Crippen MR) is 110 cm³/mol. The van der Waals surface area contributed by atoms with E-state index in [2.05, 4.69) is 10.2 Å². The van der Waals surface area contributed by atoms with Gasteiger partial charge in [-0.2, -0.15) is 0 Å². The lowest BCUT2D eigenvalue weighted by atomic mass is 10.2. The van der Waals surface area contributed by atoms with E-state index in [9.17, 15) is 9.59 Å². The number of nitrogens with zero attached hydrogens (tertiary/aromatic N) is 1. The fraction of sp³-hybridized carbons (Fsp3) is 0.500. The van der Waals surface area contributed by atoms with Crippen LogP contribution in [0.4, 0.5) is 5.69 Å². The molecule has 1 aliphatic rings. The van der Waals surface area contributed by atoms with Crippen molar-refractivity contribution < 1.29 is 23.8 Å². The van der Waals surface area contributed by atoms with E-state index in [1.165, 1.54) is 32.9 Å². The normalized spacial score (nSPS) is 14.4. The van der Waals surface area contributed by atoms with Gasteiger partial charge >= 0.3 is 5.97 Å². The number of amides is 1. The largest absolute Gasteiger partial charge is 0.493 e. The molecule has 0 bridgehead atoms. The average molecular weight is 413 g/mol. The van der Waals surface area contributed by atoms with Crippen LogP contribution in [0.2, 0.25) is 0 Å². The van der Waals surface area contributed by atoms with E-state index < -0.39 is 18.0 Å². The number of ether oxygens (including phenoxy) is 3. The molecule has 1 N–H and O–H groups in total. The van der Waals surface area contributed by atoms with E-state index >= 15 is 0 Å². The molecule has 0 saturated carbocycles. The summed E-state index contributed by atoms with van der Waals surface area (Å²) in [5, 5.41) is 2.69. The summed E-state index contributed by atoms with van der Waals surface area (Å²) in [5.41, 5.74) is 0.519. The lowest BCUT2D eigenvalue weighted by molar-refractivity contribution is -0.150. The second-order valence-corrected chi connectivity index (χ2v) is 7.55. The first-order valence-electron chi connectivity index (χ1n) is 8.58. The van der Waals surface area contributed by atoms with Crippen molar-refractivity contribution in [3.05, 3.63) is 18.2 Å². The number of methoxy groups -OCH3 is 2. The Kier molecular flexibility index (Phi) is 8.18. The molecule has 148 valence electrons. The highest BCUT2D eigenvalue weighted by atomic mass is 32.2. The first kappa shape index (κ1) is 21.3. The molecule has 0 aromatic heterocycles. The Bertz CT molecular complexity index is 692. The fourth-order valence-corrected chi connectivity index (χ4v) is 3.59. The van der Waals surface area contributed by atoms with Crippen molar-refractivity contribution in [3.63, 3.8) is 0 Å². The highest BCUT2D eigenvalue weighted by Crippen LogP contribution is 2.29. The average Bonchev–Trinajstić information content (AvgIpc) is 3.20. The number of thioether (sulfide) groups is 1. The highest BCUT2D eigenvalue weighted by molar-refractivity contribution is 8.23. The van der Waals surface area contributed by atoms with Gasteiger partial charge in [0.25, 0.3) is 5.91 Å². The van der Waals surface area contributed by atoms with E-state index in [1.807, 2.05) is 0 Å². The molecule has 0 aliphatic carbocycles. The molecule has 2 rings (SSSR count). The molecule has 0 spiro atoms. The minimum Gasteiger partial charge on any atom is -0.493 e. The Labute approximate surface area is 168 Å². The molecule has 1 aromatic rings. The molecular formula is C18H24N2O5S2. The molecule has 0 unspecified atom stereocenters. The summed E-state index contributed by atoms with van der Waals surface area (Å²) in [6, 6.07) is 4.99. The second-order valence-electron chi connectivity index (χ2n) is 5.94. The van der Waals surface area contributed by atoms with Gasteiger partial charge in [0.15, 0.2) is 17.6 Å². The summed E-state index contributed by atoms with van der Waals surface area (Å²) in [5.74, 6) is 0.232. The van der Waals surface area contributed by atoms with Crippen molar-refractivity contribution >= 4 is 45.9 Å². The van der Waals surface area contributed by atoms with Crippen molar-refractivity contribution in [2.75, 3.05) is 38.4 Å². The lowest BCUT2D eigenvalue weighted by Crippen LogP contribution is -2.31. The number of likely N-dealkylation sites (tertiary alicyclic amines) is 1. The summed E-state index contributed by atoms with van der Waals surface area (Å²) >= 11 is 6.58. The number of hydrogen-bond donors (Lipinski definition) is 1. The fourth-order valence-electron chi connectivity index (χ4n) is 2.55. The van der Waals surface area contributed by atoms with Gasteiger partial charge in [0.1, 0.15) is 4.32 Å². The molecule has 1 aromatic carbocycles. The van der Waals surface area contributed by atoms with Crippen LogP contribution in [-0.2, 0) is 14.3 Å². The third-order valence-corrected chi connectivity index (χ3v) is 5.50. The van der Waals surface area contributed by atoms with E-state index in [-0.39, 0.29) is 5.75 Å². The zero-order chi connectivity index (χ0) is 19.8. The van der Waals surface area contributed by atoms with E-state index in [0.717, 1.165) is 25.9 Å². The SMILES string of the molecule is COc1ccc(NC(=O)[C@@H](C)OC(=O)CSC(=S)N2CCCC2)cc1OC. The molecule has 1 fully saturated rings. The van der Waals surface area contributed by atoms with Crippen LogP contribution in [0.25, 0.3) is 0 Å². The summed E-state index contributed by atoms with van der Waals surface area (Å²) in [6.45, 7) is 3.40. The molecule has 27 heavy (non-hydrogen) atoms. The molecule has 1 atom stereocenters. The summed E-state index contributed by atoms with van der Waals surface area (Å²) in [6.07, 6.45) is 1.32. The Hall–Kier alpha value is -2.00. The van der Waals surface area contributed by atoms with Crippen molar-refractivity contribution in [1.29, 1.82) is 0 Å². The van der Waals surface area contributed by atoms with Gasteiger partial charge in [-0.05, 0) is 31.9 Å². The maximum Gasteiger partial charge on any atom is 0.317 e. The number of nitrogens with one attached hydrogen (secondary N) is 1. The summed E-state index contributed by atoms with van der Waals surface area (Å²) in [7, 11) is 3.04. The van der Waals surface area contributed by atoms with Crippen LogP contribution in [-0.4, -0.2) is 60.3 Å². The number of carbonyl (C=O) groups is 2. The Morgan fingerprint density at radius 1 is 1.22 bits per heavy atom. The van der Waals surface area contributed by atoms with Gasteiger partial charge in [-0.3, -0.25) is 9.59 Å². The van der Waals surface area contributed by atoms with Crippen molar-refractivity contribution in [2.24, 2.45) is 0 Å². The third kappa shape index (κ3) is 6.28. The number of benzene rings is 1. The topological polar surface area (TPSA) is 77.1 Å². The standard InChI is InChI=1S/C18H24N2O5S2/c1-12(25-16(21)11-27-18(26)20-8-4-5-9-20)17(22)19-13-6-7-14(23-2)15(10-13)24-3/h6-7,10,12H,4-5,8-9,11H2,1-3H3,(H,19,22)/t12-/m1/s1. The smallest absolute Gasteiger partial charge is 0.317 e. The number of thiocarbonyl (C=S) groups is 1. The molecule has 1 amide bonds. The van der Waals surface area contributed by atoms with Crippen LogP contribution in [0.3, 0.4) is 0 Å². The molecule has 7 nitrogen and oxygen atoms in total. The van der Waals surface area contributed by atoms with Crippen LogP contribution in [0.5, 0.6) is 11.5 Å². The quantitative estimate of drug-likeness (QED) is 0.541. The maximum absolute atomic E-state index is 12.2. The first-order valence-corrected chi connectivity index (χ1v) is 9.98. The monoisotopic (exact) mass is 412 g/mol. The third-order valence-electron chi connectivity index (χ3n) is 4.01. The molecule has 1 saturated heterocycles. The Balaban J connectivity index is 1.80. The minimum absolute atomic E-state index is 0.0866. The van der Waals surface area contributed by atoms with Gasteiger partial charge < -0.3 is 24.4 Å². The van der Waals surface area contributed by atoms with Gasteiger partial charge in [-0.25, -0.2) is 0 Å².